The van der Waals surface area contributed by atoms with Gasteiger partial charge in [0.15, 0.2) is 6.10 Å². The Labute approximate surface area is 109 Å². The van der Waals surface area contributed by atoms with Crippen LogP contribution in [0.4, 0.5) is 4.79 Å². The van der Waals surface area contributed by atoms with Crippen LogP contribution in [0.1, 0.15) is 11.7 Å². The van der Waals surface area contributed by atoms with Crippen molar-refractivity contribution in [1.29, 1.82) is 0 Å². The van der Waals surface area contributed by atoms with Crippen molar-refractivity contribution >= 4 is 23.7 Å². The molecule has 0 heterocycles. The molecule has 1 aromatic rings. The van der Waals surface area contributed by atoms with E-state index in [-0.39, 0.29) is 0 Å². The third-order valence-corrected chi connectivity index (χ3v) is 2.15. The van der Waals surface area contributed by atoms with Crippen LogP contribution < -0.4 is 5.73 Å². The predicted octanol–water partition coefficient (Wildman–Crippen LogP) is 1.65. The second-order valence-corrected chi connectivity index (χ2v) is 3.57. The molecule has 0 radical (unpaired) electrons. The van der Waals surface area contributed by atoms with Crippen LogP contribution >= 0.6 is 11.6 Å². The highest BCUT2D eigenvalue weighted by atomic mass is 35.5. The van der Waals surface area contributed by atoms with E-state index in [0.717, 1.165) is 0 Å². The van der Waals surface area contributed by atoms with Crippen LogP contribution in [0.3, 0.4) is 0 Å². The molecule has 0 aliphatic carbocycles. The molecule has 1 amide bonds. The average molecular weight is 268 g/mol. The molecule has 0 aromatic heterocycles. The summed E-state index contributed by atoms with van der Waals surface area (Å²) >= 11 is 5.73. The van der Waals surface area contributed by atoms with Gasteiger partial charge in [-0.2, -0.15) is 0 Å². The van der Waals surface area contributed by atoms with Gasteiger partial charge in [0.1, 0.15) is 0 Å². The largest absolute Gasteiger partial charge is 0.459 e. The van der Waals surface area contributed by atoms with Crippen LogP contribution in [0.5, 0.6) is 0 Å². The van der Waals surface area contributed by atoms with Gasteiger partial charge in [-0.3, -0.25) is 0 Å². The first kappa shape index (κ1) is 13.9. The summed E-state index contributed by atoms with van der Waals surface area (Å²) in [5.74, 6) is 3.89. The summed E-state index contributed by atoms with van der Waals surface area (Å²) in [4.78, 5) is 21.7. The molecule has 1 unspecified atom stereocenters. The van der Waals surface area contributed by atoms with Crippen molar-refractivity contribution in [2.24, 2.45) is 5.73 Å². The van der Waals surface area contributed by atoms with E-state index >= 15 is 0 Å². The lowest BCUT2D eigenvalue weighted by atomic mass is 10.1. The molecule has 1 rings (SSSR count). The van der Waals surface area contributed by atoms with Gasteiger partial charge in [-0.25, -0.2) is 9.59 Å². The predicted molar refractivity (Wildman–Crippen MR) is 64.7 cm³/mol. The molecule has 0 aliphatic heterocycles. The topological polar surface area (TPSA) is 78.6 Å². The maximum Gasteiger partial charge on any atom is 0.406 e. The number of benzene rings is 1. The van der Waals surface area contributed by atoms with Crippen molar-refractivity contribution in [3.05, 3.63) is 34.9 Å². The lowest BCUT2D eigenvalue weighted by Gasteiger charge is -2.10. The Morgan fingerprint density at radius 2 is 1.94 bits per heavy atom. The minimum Gasteiger partial charge on any atom is -0.459 e. The molecule has 18 heavy (non-hydrogen) atoms. The van der Waals surface area contributed by atoms with Crippen molar-refractivity contribution in [1.82, 2.24) is 0 Å². The van der Waals surface area contributed by atoms with E-state index in [4.69, 9.17) is 22.1 Å². The van der Waals surface area contributed by atoms with E-state index in [1.54, 1.807) is 24.3 Å². The fourth-order valence-electron chi connectivity index (χ4n) is 1.11. The summed E-state index contributed by atoms with van der Waals surface area (Å²) in [5.41, 5.74) is 5.48. The van der Waals surface area contributed by atoms with Gasteiger partial charge in [0.2, 0.25) is 0 Å². The Hall–Kier alpha value is -2.19. The van der Waals surface area contributed by atoms with Gasteiger partial charge < -0.3 is 15.2 Å². The Bertz CT molecular complexity index is 501. The number of nitrogens with two attached hydrogens (primary N) is 1. The molecule has 5 nitrogen and oxygen atoms in total. The zero-order chi connectivity index (χ0) is 13.5. The first-order valence-electron chi connectivity index (χ1n) is 4.84. The number of primary amides is 1. The van der Waals surface area contributed by atoms with E-state index in [1.165, 1.54) is 7.11 Å². The van der Waals surface area contributed by atoms with Gasteiger partial charge in [-0.05, 0) is 18.1 Å². The molecule has 2 N–H and O–H groups in total. The average Bonchev–Trinajstić information content (AvgIpc) is 2.34. The van der Waals surface area contributed by atoms with Gasteiger partial charge in [0, 0.05) is 16.5 Å². The quantitative estimate of drug-likeness (QED) is 0.502. The van der Waals surface area contributed by atoms with E-state index in [0.29, 0.717) is 10.6 Å². The standard InChI is InChI=1S/C12H10ClNO4/c1-17-11(15)7-6-10(18-12(14)16)8-2-4-9(13)5-3-8/h2-5,10H,1H3,(H2,14,16). The number of esters is 1. The number of carbonyl (C=O) groups is 2. The highest BCUT2D eigenvalue weighted by molar-refractivity contribution is 6.30. The molecule has 0 saturated heterocycles. The number of ether oxygens (including phenoxy) is 2. The Kier molecular flexibility index (Phi) is 5.03. The summed E-state index contributed by atoms with van der Waals surface area (Å²) in [6.45, 7) is 0. The molecule has 0 bridgehead atoms. The third kappa shape index (κ3) is 4.36. The van der Waals surface area contributed by atoms with Gasteiger partial charge >= 0.3 is 12.1 Å². The smallest absolute Gasteiger partial charge is 0.406 e. The summed E-state index contributed by atoms with van der Waals surface area (Å²) < 4.78 is 9.14. The number of methoxy groups -OCH3 is 1. The maximum atomic E-state index is 10.9. The lowest BCUT2D eigenvalue weighted by Crippen LogP contribution is -2.16. The Morgan fingerprint density at radius 3 is 2.44 bits per heavy atom. The molecule has 0 fully saturated rings. The van der Waals surface area contributed by atoms with Gasteiger partial charge in [-0.1, -0.05) is 23.7 Å². The summed E-state index contributed by atoms with van der Waals surface area (Å²) in [6.07, 6.45) is -1.94. The van der Waals surface area contributed by atoms with Crippen molar-refractivity contribution in [2.75, 3.05) is 7.11 Å². The molecule has 0 saturated carbocycles. The zero-order valence-corrected chi connectivity index (χ0v) is 10.2. The van der Waals surface area contributed by atoms with Crippen molar-refractivity contribution in [3.8, 4) is 11.8 Å². The molecular weight excluding hydrogens is 258 g/mol. The minimum absolute atomic E-state index is 0.525. The highest BCUT2D eigenvalue weighted by Crippen LogP contribution is 2.19. The molecule has 0 aliphatic rings. The number of rotatable bonds is 2. The summed E-state index contributed by atoms with van der Waals surface area (Å²) in [7, 11) is 1.20. The fraction of sp³-hybridized carbons (Fsp3) is 0.167. The molecule has 1 aromatic carbocycles. The monoisotopic (exact) mass is 267 g/mol. The van der Waals surface area contributed by atoms with Crippen LogP contribution in [0.25, 0.3) is 0 Å². The second kappa shape index (κ2) is 6.52. The van der Waals surface area contributed by atoms with E-state index in [1.807, 2.05) is 0 Å². The second-order valence-electron chi connectivity index (χ2n) is 3.13. The van der Waals surface area contributed by atoms with Crippen LogP contribution in [0.15, 0.2) is 24.3 Å². The molecule has 0 spiro atoms. The van der Waals surface area contributed by atoms with Crippen molar-refractivity contribution < 1.29 is 19.1 Å². The molecular formula is C12H10ClNO4. The molecule has 94 valence electrons. The maximum absolute atomic E-state index is 10.9. The van der Waals surface area contributed by atoms with Crippen molar-refractivity contribution in [2.45, 2.75) is 6.10 Å². The van der Waals surface area contributed by atoms with Crippen molar-refractivity contribution in [3.63, 3.8) is 0 Å². The van der Waals surface area contributed by atoms with Crippen LogP contribution in [0.2, 0.25) is 5.02 Å². The first-order chi connectivity index (χ1) is 8.52. The Morgan fingerprint density at radius 1 is 1.33 bits per heavy atom. The fourth-order valence-corrected chi connectivity index (χ4v) is 1.24. The van der Waals surface area contributed by atoms with E-state index < -0.39 is 18.2 Å². The first-order valence-corrected chi connectivity index (χ1v) is 5.21. The minimum atomic E-state index is -0.992. The number of carbonyl (C=O) groups excluding carboxylic acids is 2. The zero-order valence-electron chi connectivity index (χ0n) is 9.48. The van der Waals surface area contributed by atoms with Crippen LogP contribution in [0, 0.1) is 11.8 Å². The van der Waals surface area contributed by atoms with Gasteiger partial charge in [0.25, 0.3) is 0 Å². The third-order valence-electron chi connectivity index (χ3n) is 1.90. The van der Waals surface area contributed by atoms with Crippen LogP contribution in [-0.2, 0) is 14.3 Å². The lowest BCUT2D eigenvalue weighted by molar-refractivity contribution is -0.133. The number of halogens is 1. The number of hydrogen-bond acceptors (Lipinski definition) is 4. The summed E-state index contributed by atoms with van der Waals surface area (Å²) in [5, 5.41) is 0.525. The Balaban J connectivity index is 2.96. The molecule has 6 heteroatoms. The molecule has 1 atom stereocenters. The normalized spacial score (nSPS) is 10.8. The number of amides is 1. The highest BCUT2D eigenvalue weighted by Gasteiger charge is 2.12. The van der Waals surface area contributed by atoms with Gasteiger partial charge in [-0.15, -0.1) is 0 Å². The van der Waals surface area contributed by atoms with Crippen LogP contribution in [-0.4, -0.2) is 19.2 Å². The van der Waals surface area contributed by atoms with E-state index in [9.17, 15) is 9.59 Å². The van der Waals surface area contributed by atoms with E-state index in [2.05, 4.69) is 16.6 Å². The summed E-state index contributed by atoms with van der Waals surface area (Å²) in [6, 6.07) is 6.44. The SMILES string of the molecule is COC(=O)C#CC(OC(N)=O)c1ccc(Cl)cc1. The van der Waals surface area contributed by atoms with Gasteiger partial charge in [0.05, 0.1) is 7.11 Å². The number of hydrogen-bond donors (Lipinski definition) is 1.